The number of fused-ring (bicyclic) bond motifs is 2. The summed E-state index contributed by atoms with van der Waals surface area (Å²) in [5.41, 5.74) is 0.868. The van der Waals surface area contributed by atoms with Gasteiger partial charge in [-0.25, -0.2) is 9.59 Å². The highest BCUT2D eigenvalue weighted by molar-refractivity contribution is 7.12. The van der Waals surface area contributed by atoms with Gasteiger partial charge in [-0.3, -0.25) is 9.36 Å². The fourth-order valence-electron chi connectivity index (χ4n) is 7.39. The number of oxazole rings is 1. The predicted octanol–water partition coefficient (Wildman–Crippen LogP) is 5.59. The number of hydrogen-bond donors (Lipinski definition) is 5. The monoisotopic (exact) mass is 772 g/mol. The van der Waals surface area contributed by atoms with Crippen molar-refractivity contribution in [3.05, 3.63) is 119 Å². The number of pyridine rings is 1. The molecule has 2 aromatic carbocycles. The number of thiophene rings is 2. The Balaban J connectivity index is 0.857. The number of aromatic nitrogens is 2. The van der Waals surface area contributed by atoms with Crippen LogP contribution in [0.2, 0.25) is 0 Å². The summed E-state index contributed by atoms with van der Waals surface area (Å²) in [6, 6.07) is 19.2. The van der Waals surface area contributed by atoms with Gasteiger partial charge in [0, 0.05) is 37.1 Å². The summed E-state index contributed by atoms with van der Waals surface area (Å²) in [7, 11) is 2.12. The van der Waals surface area contributed by atoms with E-state index in [1.165, 1.54) is 34.8 Å². The van der Waals surface area contributed by atoms with Gasteiger partial charge in [0.15, 0.2) is 5.58 Å². The SMILES string of the molecule is CN(CCCCn1c(=O)oc2cc(CNC[C@H](O)c3ccc(O)c4[nH]c(=O)ccc34)ccc21)C1CCC(OC(=O)C(O)(c2cccs2)c2cccs2)CC1. The highest BCUT2D eigenvalue weighted by Gasteiger charge is 2.45. The minimum atomic E-state index is -1.79. The quantitative estimate of drug-likeness (QED) is 0.0655. The fourth-order valence-corrected chi connectivity index (χ4v) is 9.10. The molecule has 7 rings (SSSR count). The molecule has 0 spiro atoms. The summed E-state index contributed by atoms with van der Waals surface area (Å²) in [6.07, 6.45) is 3.83. The molecule has 1 saturated carbocycles. The van der Waals surface area contributed by atoms with E-state index >= 15 is 0 Å². The molecule has 1 aliphatic carbocycles. The van der Waals surface area contributed by atoms with E-state index in [2.05, 4.69) is 22.2 Å². The maximum atomic E-state index is 13.4. The van der Waals surface area contributed by atoms with Crippen molar-refractivity contribution in [2.45, 2.75) is 75.5 Å². The van der Waals surface area contributed by atoms with E-state index in [-0.39, 0.29) is 29.5 Å². The number of ether oxygens (including phenoxy) is 1. The number of aryl methyl sites for hydroxylation is 1. The molecule has 6 aromatic rings. The number of benzene rings is 2. The normalized spacial score (nSPS) is 17.0. The number of carbonyl (C=O) groups is 1. The third-order valence-electron chi connectivity index (χ3n) is 10.4. The van der Waals surface area contributed by atoms with Crippen molar-refractivity contribution >= 4 is 50.6 Å². The van der Waals surface area contributed by atoms with Crippen LogP contribution < -0.4 is 16.6 Å². The van der Waals surface area contributed by atoms with Gasteiger partial charge in [-0.2, -0.15) is 0 Å². The number of aromatic hydroxyl groups is 1. The maximum Gasteiger partial charge on any atom is 0.419 e. The molecule has 54 heavy (non-hydrogen) atoms. The Morgan fingerprint density at radius 2 is 1.78 bits per heavy atom. The molecule has 0 amide bonds. The van der Waals surface area contributed by atoms with Crippen molar-refractivity contribution in [3.63, 3.8) is 0 Å². The Hall–Kier alpha value is -4.57. The van der Waals surface area contributed by atoms with Crippen LogP contribution in [-0.2, 0) is 28.2 Å². The molecule has 14 heteroatoms. The van der Waals surface area contributed by atoms with Crippen molar-refractivity contribution in [1.29, 1.82) is 0 Å². The van der Waals surface area contributed by atoms with Crippen LogP contribution in [0.25, 0.3) is 22.0 Å². The average Bonchev–Trinajstić information content (AvgIpc) is 3.97. The highest BCUT2D eigenvalue weighted by atomic mass is 32.1. The molecule has 1 atom stereocenters. The molecule has 1 fully saturated rings. The lowest BCUT2D eigenvalue weighted by Crippen LogP contribution is -2.42. The summed E-state index contributed by atoms with van der Waals surface area (Å²) in [5, 5.41) is 40.1. The van der Waals surface area contributed by atoms with Crippen molar-refractivity contribution < 1.29 is 29.3 Å². The molecule has 5 N–H and O–H groups in total. The number of phenolic OH excluding ortho intramolecular Hbond substituents is 1. The molecule has 0 radical (unpaired) electrons. The summed E-state index contributed by atoms with van der Waals surface area (Å²) in [5.74, 6) is -1.07. The number of rotatable bonds is 15. The lowest BCUT2D eigenvalue weighted by atomic mass is 9.91. The Bertz CT molecular complexity index is 2270. The van der Waals surface area contributed by atoms with Gasteiger partial charge in [-0.15, -0.1) is 22.7 Å². The number of aliphatic hydroxyl groups is 2. The number of aliphatic hydroxyl groups excluding tert-OH is 1. The third kappa shape index (κ3) is 7.95. The lowest BCUT2D eigenvalue weighted by Gasteiger charge is -2.35. The topological polar surface area (TPSA) is 170 Å². The second-order valence-corrected chi connectivity index (χ2v) is 15.8. The fraction of sp³-hybridized carbons (Fsp3) is 0.375. The number of nitrogens with one attached hydrogen (secondary N) is 2. The van der Waals surface area contributed by atoms with Gasteiger partial charge in [-0.05, 0) is 110 Å². The van der Waals surface area contributed by atoms with Crippen LogP contribution in [0.1, 0.15) is 65.5 Å². The second kappa shape index (κ2) is 16.4. The number of aromatic amines is 1. The largest absolute Gasteiger partial charge is 0.506 e. The summed E-state index contributed by atoms with van der Waals surface area (Å²) >= 11 is 2.68. The molecule has 0 saturated heterocycles. The van der Waals surface area contributed by atoms with Gasteiger partial charge in [0.1, 0.15) is 11.9 Å². The van der Waals surface area contributed by atoms with E-state index in [1.54, 1.807) is 28.8 Å². The molecule has 284 valence electrons. The maximum absolute atomic E-state index is 13.4. The van der Waals surface area contributed by atoms with Gasteiger partial charge < -0.3 is 39.7 Å². The number of H-pyrrole nitrogens is 1. The first-order valence-electron chi connectivity index (χ1n) is 18.2. The van der Waals surface area contributed by atoms with E-state index in [9.17, 15) is 29.7 Å². The lowest BCUT2D eigenvalue weighted by molar-refractivity contribution is -0.169. The van der Waals surface area contributed by atoms with E-state index < -0.39 is 23.4 Å². The highest BCUT2D eigenvalue weighted by Crippen LogP contribution is 2.38. The predicted molar refractivity (Wildman–Crippen MR) is 209 cm³/mol. The summed E-state index contributed by atoms with van der Waals surface area (Å²) in [4.78, 5) is 44.0. The number of carbonyl (C=O) groups excluding carboxylic acids is 1. The minimum Gasteiger partial charge on any atom is -0.506 e. The molecule has 1 aliphatic rings. The first-order chi connectivity index (χ1) is 26.1. The summed E-state index contributed by atoms with van der Waals surface area (Å²) in [6.45, 7) is 2.06. The van der Waals surface area contributed by atoms with Crippen LogP contribution >= 0.6 is 22.7 Å². The van der Waals surface area contributed by atoms with Crippen LogP contribution in [0.4, 0.5) is 0 Å². The van der Waals surface area contributed by atoms with Crippen molar-refractivity contribution in [3.8, 4) is 5.75 Å². The molecule has 4 aromatic heterocycles. The van der Waals surface area contributed by atoms with E-state index in [1.807, 2.05) is 41.1 Å². The van der Waals surface area contributed by atoms with Crippen molar-refractivity contribution in [2.75, 3.05) is 20.1 Å². The zero-order valence-corrected chi connectivity index (χ0v) is 31.5. The Morgan fingerprint density at radius 3 is 2.48 bits per heavy atom. The van der Waals surface area contributed by atoms with Gasteiger partial charge >= 0.3 is 11.7 Å². The van der Waals surface area contributed by atoms with Crippen LogP contribution in [0.15, 0.2) is 91.5 Å². The zero-order chi connectivity index (χ0) is 37.8. The summed E-state index contributed by atoms with van der Waals surface area (Å²) < 4.78 is 13.2. The third-order valence-corrected chi connectivity index (χ3v) is 12.4. The number of esters is 1. The number of phenols is 1. The first kappa shape index (κ1) is 37.7. The smallest absolute Gasteiger partial charge is 0.419 e. The van der Waals surface area contributed by atoms with Crippen molar-refractivity contribution in [2.24, 2.45) is 0 Å². The van der Waals surface area contributed by atoms with Gasteiger partial charge in [0.25, 0.3) is 0 Å². The van der Waals surface area contributed by atoms with Gasteiger partial charge in [0.2, 0.25) is 11.2 Å². The molecule has 0 unspecified atom stereocenters. The number of hydrogen-bond acceptors (Lipinski definition) is 12. The van der Waals surface area contributed by atoms with Gasteiger partial charge in [0.05, 0.1) is 26.9 Å². The molecule has 0 aliphatic heterocycles. The van der Waals surface area contributed by atoms with Crippen LogP contribution in [0.5, 0.6) is 5.75 Å². The zero-order valence-electron chi connectivity index (χ0n) is 29.9. The average molecular weight is 773 g/mol. The first-order valence-corrected chi connectivity index (χ1v) is 20.0. The van der Waals surface area contributed by atoms with Crippen LogP contribution in [0.3, 0.4) is 0 Å². The minimum absolute atomic E-state index is 0.0620. The molecule has 0 bridgehead atoms. The number of nitrogens with zero attached hydrogens (tertiary/aromatic N) is 2. The van der Waals surface area contributed by atoms with Crippen LogP contribution in [0, 0.1) is 0 Å². The number of unbranched alkanes of at least 4 members (excludes halogenated alkanes) is 1. The van der Waals surface area contributed by atoms with Gasteiger partial charge in [-0.1, -0.05) is 24.3 Å². The Kier molecular flexibility index (Phi) is 11.5. The molecule has 12 nitrogen and oxygen atoms in total. The Morgan fingerprint density at radius 1 is 1.04 bits per heavy atom. The standard InChI is InChI=1S/C40H44N4O8S2/c1-43(26-9-11-27(12-10-26)51-38(48)40(50,34-6-4-20-53-34)35-7-5-21-54-35)18-2-3-19-44-30-15-8-25(22-33(30)52-39(44)49)23-41-24-32(46)28-13-16-31(45)37-29(28)14-17-36(47)42-37/h4-8,13-17,20-22,26-27,32,41,45-46,50H,2-3,9-12,18-19,23-24H2,1H3,(H,42,47)/t26?,27?,32-/m0/s1. The molecule has 4 heterocycles. The van der Waals surface area contributed by atoms with E-state index in [0.29, 0.717) is 45.4 Å². The Labute approximate surface area is 319 Å². The molecular formula is C40H44N4O8S2. The molecular weight excluding hydrogens is 729 g/mol. The second-order valence-electron chi connectivity index (χ2n) is 13.9. The van der Waals surface area contributed by atoms with E-state index in [4.69, 9.17) is 9.15 Å². The van der Waals surface area contributed by atoms with Crippen LogP contribution in [-0.4, -0.2) is 68.0 Å². The van der Waals surface area contributed by atoms with Crippen molar-refractivity contribution in [1.82, 2.24) is 19.8 Å². The van der Waals surface area contributed by atoms with E-state index in [0.717, 1.165) is 56.1 Å².